The molecule has 0 spiro atoms. The third kappa shape index (κ3) is 2.78. The lowest BCUT2D eigenvalue weighted by atomic mass is 9.95. The molecule has 0 bridgehead atoms. The van der Waals surface area contributed by atoms with Gasteiger partial charge < -0.3 is 4.90 Å². The Labute approximate surface area is 157 Å². The molecular formula is C24H29NO. The van der Waals surface area contributed by atoms with Gasteiger partial charge in [0.1, 0.15) is 0 Å². The van der Waals surface area contributed by atoms with Gasteiger partial charge in [-0.25, -0.2) is 0 Å². The number of benzene rings is 2. The zero-order chi connectivity index (χ0) is 19.1. The molecule has 1 fully saturated rings. The summed E-state index contributed by atoms with van der Waals surface area (Å²) in [5.41, 5.74) is 4.05. The van der Waals surface area contributed by atoms with Crippen molar-refractivity contribution in [2.45, 2.75) is 34.6 Å². The van der Waals surface area contributed by atoms with Gasteiger partial charge in [-0.15, -0.1) is 0 Å². The van der Waals surface area contributed by atoms with Crippen LogP contribution in [0.2, 0.25) is 0 Å². The lowest BCUT2D eigenvalue weighted by Crippen LogP contribution is -2.35. The smallest absolute Gasteiger partial charge is 0.233 e. The molecule has 2 nitrogen and oxygen atoms in total. The van der Waals surface area contributed by atoms with Crippen LogP contribution in [0, 0.1) is 16.7 Å². The Kier molecular flexibility index (Phi) is 4.56. The Morgan fingerprint density at radius 1 is 0.962 bits per heavy atom. The van der Waals surface area contributed by atoms with Crippen LogP contribution in [0.15, 0.2) is 66.2 Å². The van der Waals surface area contributed by atoms with Gasteiger partial charge in [-0.3, -0.25) is 4.79 Å². The maximum absolute atomic E-state index is 13.5. The molecular weight excluding hydrogens is 318 g/mol. The number of nitrogens with zero attached hydrogens (tertiary/aromatic N) is 1. The molecule has 1 aliphatic rings. The molecule has 2 aromatic carbocycles. The Morgan fingerprint density at radius 3 is 2.15 bits per heavy atom. The molecule has 0 N–H and O–H groups in total. The molecule has 3 rings (SSSR count). The van der Waals surface area contributed by atoms with Crippen LogP contribution in [0.25, 0.3) is 11.1 Å². The van der Waals surface area contributed by atoms with Crippen molar-refractivity contribution in [3.8, 4) is 11.1 Å². The molecule has 2 aromatic rings. The summed E-state index contributed by atoms with van der Waals surface area (Å²) in [6, 6.07) is 18.4. The molecule has 2 heteroatoms. The van der Waals surface area contributed by atoms with Crippen LogP contribution in [-0.2, 0) is 4.79 Å². The minimum atomic E-state index is -0.372. The normalized spacial score (nSPS) is 23.2. The lowest BCUT2D eigenvalue weighted by molar-refractivity contribution is -0.124. The number of hydrogen-bond donors (Lipinski definition) is 0. The van der Waals surface area contributed by atoms with E-state index in [1.54, 1.807) is 0 Å². The number of anilines is 1. The predicted octanol–water partition coefficient (Wildman–Crippen LogP) is 5.94. The van der Waals surface area contributed by atoms with E-state index < -0.39 is 0 Å². The Hall–Kier alpha value is -2.35. The van der Waals surface area contributed by atoms with E-state index in [1.165, 1.54) is 5.57 Å². The summed E-state index contributed by atoms with van der Waals surface area (Å²) in [6.07, 6.45) is 2.26. The zero-order valence-electron chi connectivity index (χ0n) is 16.7. The first kappa shape index (κ1) is 18.4. The average molecular weight is 348 g/mol. The van der Waals surface area contributed by atoms with Crippen molar-refractivity contribution in [3.63, 3.8) is 0 Å². The molecule has 2 atom stereocenters. The molecule has 0 aromatic heterocycles. The largest absolute Gasteiger partial charge is 0.314 e. The van der Waals surface area contributed by atoms with Gasteiger partial charge >= 0.3 is 0 Å². The molecule has 1 aliphatic carbocycles. The number of allylic oxidation sites excluding steroid dienone is 2. The zero-order valence-corrected chi connectivity index (χ0v) is 16.7. The van der Waals surface area contributed by atoms with Gasteiger partial charge in [-0.05, 0) is 43.7 Å². The van der Waals surface area contributed by atoms with E-state index in [4.69, 9.17) is 0 Å². The van der Waals surface area contributed by atoms with E-state index in [0.717, 1.165) is 16.8 Å². The van der Waals surface area contributed by atoms with Gasteiger partial charge in [-0.1, -0.05) is 74.0 Å². The highest BCUT2D eigenvalue weighted by Crippen LogP contribution is 2.70. The fraction of sp³-hybridized carbons (Fsp3) is 0.375. The molecule has 26 heavy (non-hydrogen) atoms. The fourth-order valence-corrected chi connectivity index (χ4v) is 4.23. The number of hydrogen-bond acceptors (Lipinski definition) is 1. The summed E-state index contributed by atoms with van der Waals surface area (Å²) in [7, 11) is 1.91. The number of carbonyl (C=O) groups is 1. The van der Waals surface area contributed by atoms with E-state index in [9.17, 15) is 4.79 Å². The van der Waals surface area contributed by atoms with Crippen LogP contribution in [0.3, 0.4) is 0 Å². The highest BCUT2D eigenvalue weighted by atomic mass is 16.2. The second kappa shape index (κ2) is 6.42. The van der Waals surface area contributed by atoms with E-state index in [0.29, 0.717) is 0 Å². The summed E-state index contributed by atoms with van der Waals surface area (Å²) in [5, 5.41) is 0. The fourth-order valence-electron chi connectivity index (χ4n) is 4.23. The van der Waals surface area contributed by atoms with Gasteiger partial charge in [0.25, 0.3) is 0 Å². The topological polar surface area (TPSA) is 20.3 Å². The van der Waals surface area contributed by atoms with Gasteiger partial charge in [0, 0.05) is 12.6 Å². The third-order valence-electron chi connectivity index (χ3n) is 6.25. The quantitative estimate of drug-likeness (QED) is 0.626. The van der Waals surface area contributed by atoms with Crippen molar-refractivity contribution < 1.29 is 4.79 Å². The summed E-state index contributed by atoms with van der Waals surface area (Å²) < 4.78 is 0. The molecule has 0 aliphatic heterocycles. The second-order valence-electron chi connectivity index (χ2n) is 8.39. The first-order valence-corrected chi connectivity index (χ1v) is 9.29. The monoisotopic (exact) mass is 347 g/mol. The molecule has 1 saturated carbocycles. The number of rotatable bonds is 4. The first-order valence-electron chi connectivity index (χ1n) is 9.29. The van der Waals surface area contributed by atoms with Gasteiger partial charge in [-0.2, -0.15) is 0 Å². The third-order valence-corrected chi connectivity index (χ3v) is 6.25. The average Bonchev–Trinajstić information content (AvgIpc) is 3.06. The van der Waals surface area contributed by atoms with Crippen molar-refractivity contribution in [1.29, 1.82) is 0 Å². The maximum Gasteiger partial charge on any atom is 0.233 e. The van der Waals surface area contributed by atoms with Crippen LogP contribution in [0.5, 0.6) is 0 Å². The molecule has 0 saturated heterocycles. The van der Waals surface area contributed by atoms with Crippen molar-refractivity contribution in [2.75, 3.05) is 11.9 Å². The highest BCUT2D eigenvalue weighted by Gasteiger charge is 2.71. The van der Waals surface area contributed by atoms with Crippen molar-refractivity contribution in [3.05, 3.63) is 66.2 Å². The molecule has 2 unspecified atom stereocenters. The number of carbonyl (C=O) groups excluding carboxylic acids is 1. The van der Waals surface area contributed by atoms with Gasteiger partial charge in [0.2, 0.25) is 5.91 Å². The first-order chi connectivity index (χ1) is 12.2. The van der Waals surface area contributed by atoms with E-state index in [2.05, 4.69) is 58.9 Å². The minimum Gasteiger partial charge on any atom is -0.314 e. The van der Waals surface area contributed by atoms with Crippen LogP contribution in [0.4, 0.5) is 5.69 Å². The molecule has 0 radical (unpaired) electrons. The van der Waals surface area contributed by atoms with Crippen molar-refractivity contribution >= 4 is 11.6 Å². The van der Waals surface area contributed by atoms with Crippen molar-refractivity contribution in [2.24, 2.45) is 16.7 Å². The van der Waals surface area contributed by atoms with Crippen LogP contribution < -0.4 is 4.90 Å². The Morgan fingerprint density at radius 2 is 1.54 bits per heavy atom. The number of amides is 1. The van der Waals surface area contributed by atoms with Gasteiger partial charge in [0.15, 0.2) is 0 Å². The van der Waals surface area contributed by atoms with E-state index >= 15 is 0 Å². The highest BCUT2D eigenvalue weighted by molar-refractivity contribution is 6.03. The van der Waals surface area contributed by atoms with Crippen LogP contribution >= 0.6 is 0 Å². The van der Waals surface area contributed by atoms with E-state index in [1.807, 2.05) is 48.3 Å². The summed E-state index contributed by atoms with van der Waals surface area (Å²) in [5.74, 6) is 0.465. The van der Waals surface area contributed by atoms with Crippen LogP contribution in [0.1, 0.15) is 34.6 Å². The Bertz CT molecular complexity index is 846. The minimum absolute atomic E-state index is 0.0305. The molecule has 0 heterocycles. The SMILES string of the molecule is CC(C)=CC1C(C)(C)C1(C)C(=O)N(C)c1ccccc1-c1ccccc1. The number of para-hydroxylation sites is 1. The summed E-state index contributed by atoms with van der Waals surface area (Å²) in [4.78, 5) is 15.4. The summed E-state index contributed by atoms with van der Waals surface area (Å²) >= 11 is 0. The lowest BCUT2D eigenvalue weighted by Gasteiger charge is -2.26. The maximum atomic E-state index is 13.5. The molecule has 136 valence electrons. The van der Waals surface area contributed by atoms with E-state index in [-0.39, 0.29) is 22.7 Å². The molecule has 1 amide bonds. The van der Waals surface area contributed by atoms with Crippen molar-refractivity contribution in [1.82, 2.24) is 0 Å². The second-order valence-corrected chi connectivity index (χ2v) is 8.39. The van der Waals surface area contributed by atoms with Crippen LogP contribution in [-0.4, -0.2) is 13.0 Å². The van der Waals surface area contributed by atoms with Gasteiger partial charge in [0.05, 0.1) is 11.1 Å². The predicted molar refractivity (Wildman–Crippen MR) is 110 cm³/mol. The standard InChI is InChI=1S/C24H29NO/c1-17(2)16-21-23(3,4)24(21,5)22(26)25(6)20-15-11-10-14-19(20)18-12-8-7-9-13-18/h7-16,21H,1-6H3. The Balaban J connectivity index is 1.98. The summed E-state index contributed by atoms with van der Waals surface area (Å²) in [6.45, 7) is 10.7.